The molecule has 0 radical (unpaired) electrons. The summed E-state index contributed by atoms with van der Waals surface area (Å²) in [5, 5.41) is 6.93. The molecule has 164 valence electrons. The van der Waals surface area contributed by atoms with Crippen LogP contribution in [-0.4, -0.2) is 53.1 Å². The van der Waals surface area contributed by atoms with E-state index in [1.807, 2.05) is 0 Å². The summed E-state index contributed by atoms with van der Waals surface area (Å²) in [6.45, 7) is 8.72. The molecule has 2 N–H and O–H groups in total. The van der Waals surface area contributed by atoms with Crippen molar-refractivity contribution in [3.8, 4) is 5.75 Å². The molecule has 1 fully saturated rings. The van der Waals surface area contributed by atoms with E-state index < -0.39 is 0 Å². The van der Waals surface area contributed by atoms with E-state index in [0.29, 0.717) is 25.2 Å². The van der Waals surface area contributed by atoms with Crippen molar-refractivity contribution >= 4 is 5.96 Å². The largest absolute Gasteiger partial charge is 0.493 e. The number of hydrogen-bond acceptors (Lipinski definition) is 4. The molecule has 0 amide bonds. The Balaban J connectivity index is 1.98. The van der Waals surface area contributed by atoms with E-state index in [1.54, 1.807) is 14.2 Å². The average Bonchev–Trinajstić information content (AvgIpc) is 2.69. The van der Waals surface area contributed by atoms with E-state index in [-0.39, 0.29) is 0 Å². The van der Waals surface area contributed by atoms with Crippen LogP contribution in [0.25, 0.3) is 0 Å². The standard InChI is InChI=1S/C23H39N3O3/c1-5-24-22(26-18-23(10-6-11-23)12-15-28-4)25-17-20-9-8-19(2)16-21(20)29-14-7-13-27-3/h8-9,16H,5-7,10-15,17-18H2,1-4H3,(H2,24,25,26). The molecule has 0 aliphatic heterocycles. The molecule has 0 unspecified atom stereocenters. The molecule has 0 spiro atoms. The van der Waals surface area contributed by atoms with Gasteiger partial charge in [-0.05, 0) is 50.2 Å². The van der Waals surface area contributed by atoms with Crippen LogP contribution < -0.4 is 15.4 Å². The Hall–Kier alpha value is -1.79. The summed E-state index contributed by atoms with van der Waals surface area (Å²) in [7, 11) is 3.49. The monoisotopic (exact) mass is 405 g/mol. The van der Waals surface area contributed by atoms with Gasteiger partial charge in [0.05, 0.1) is 13.2 Å². The Morgan fingerprint density at radius 1 is 1.10 bits per heavy atom. The summed E-state index contributed by atoms with van der Waals surface area (Å²) in [4.78, 5) is 4.82. The lowest BCUT2D eigenvalue weighted by Crippen LogP contribution is -2.46. The molecule has 0 bridgehead atoms. The second-order valence-electron chi connectivity index (χ2n) is 7.95. The van der Waals surface area contributed by atoms with E-state index in [2.05, 4.69) is 42.7 Å². The van der Waals surface area contributed by atoms with Crippen molar-refractivity contribution in [2.24, 2.45) is 10.4 Å². The highest BCUT2D eigenvalue weighted by Crippen LogP contribution is 2.43. The molecule has 0 atom stereocenters. The molecule has 1 aliphatic rings. The van der Waals surface area contributed by atoms with Gasteiger partial charge in [0.1, 0.15) is 5.75 Å². The summed E-state index contributed by atoms with van der Waals surface area (Å²) in [5.41, 5.74) is 2.64. The second-order valence-corrected chi connectivity index (χ2v) is 7.95. The highest BCUT2D eigenvalue weighted by atomic mass is 16.5. The highest BCUT2D eigenvalue weighted by molar-refractivity contribution is 5.79. The molecule has 0 heterocycles. The van der Waals surface area contributed by atoms with Gasteiger partial charge in [0.2, 0.25) is 0 Å². The molecular formula is C23H39N3O3. The molecule has 1 aromatic carbocycles. The average molecular weight is 406 g/mol. The maximum atomic E-state index is 5.99. The van der Waals surface area contributed by atoms with Crippen LogP contribution in [0, 0.1) is 12.3 Å². The normalized spacial score (nSPS) is 15.7. The van der Waals surface area contributed by atoms with Crippen LogP contribution in [0.3, 0.4) is 0 Å². The summed E-state index contributed by atoms with van der Waals surface area (Å²) in [6.07, 6.45) is 5.82. The van der Waals surface area contributed by atoms with Crippen LogP contribution in [0.15, 0.2) is 23.2 Å². The zero-order valence-electron chi connectivity index (χ0n) is 18.7. The van der Waals surface area contributed by atoms with Crippen molar-refractivity contribution in [1.82, 2.24) is 10.6 Å². The maximum Gasteiger partial charge on any atom is 0.191 e. The summed E-state index contributed by atoms with van der Waals surface area (Å²) < 4.78 is 16.4. The number of nitrogens with one attached hydrogen (secondary N) is 2. The van der Waals surface area contributed by atoms with E-state index in [0.717, 1.165) is 49.8 Å². The fourth-order valence-electron chi connectivity index (χ4n) is 3.60. The van der Waals surface area contributed by atoms with E-state index in [1.165, 1.54) is 24.8 Å². The Morgan fingerprint density at radius 2 is 1.90 bits per heavy atom. The van der Waals surface area contributed by atoms with Crippen LogP contribution in [0.2, 0.25) is 0 Å². The quantitative estimate of drug-likeness (QED) is 0.298. The van der Waals surface area contributed by atoms with Crippen molar-refractivity contribution in [2.45, 2.75) is 52.5 Å². The molecule has 0 saturated heterocycles. The summed E-state index contributed by atoms with van der Waals surface area (Å²) in [6, 6.07) is 6.31. The number of benzene rings is 1. The van der Waals surface area contributed by atoms with Crippen LogP contribution in [0.4, 0.5) is 0 Å². The fraction of sp³-hybridized carbons (Fsp3) is 0.696. The van der Waals surface area contributed by atoms with Crippen molar-refractivity contribution in [2.75, 3.05) is 47.1 Å². The van der Waals surface area contributed by atoms with Crippen molar-refractivity contribution in [3.63, 3.8) is 0 Å². The van der Waals surface area contributed by atoms with Gasteiger partial charge in [-0.25, -0.2) is 4.99 Å². The number of methoxy groups -OCH3 is 2. The molecule has 1 aromatic rings. The predicted molar refractivity (Wildman–Crippen MR) is 119 cm³/mol. The number of aryl methyl sites for hydroxylation is 1. The van der Waals surface area contributed by atoms with Crippen LogP contribution >= 0.6 is 0 Å². The van der Waals surface area contributed by atoms with Crippen molar-refractivity contribution in [3.05, 3.63) is 29.3 Å². The first-order chi connectivity index (χ1) is 14.1. The Labute approximate surface area is 176 Å². The van der Waals surface area contributed by atoms with Gasteiger partial charge in [-0.1, -0.05) is 18.6 Å². The van der Waals surface area contributed by atoms with Gasteiger partial charge in [-0.2, -0.15) is 0 Å². The van der Waals surface area contributed by atoms with Gasteiger partial charge in [0.25, 0.3) is 0 Å². The molecule has 29 heavy (non-hydrogen) atoms. The topological polar surface area (TPSA) is 64.1 Å². The number of hydrogen-bond donors (Lipinski definition) is 2. The predicted octanol–water partition coefficient (Wildman–Crippen LogP) is 3.67. The highest BCUT2D eigenvalue weighted by Gasteiger charge is 2.36. The zero-order valence-corrected chi connectivity index (χ0v) is 18.7. The van der Waals surface area contributed by atoms with Gasteiger partial charge in [0.15, 0.2) is 5.96 Å². The lowest BCUT2D eigenvalue weighted by atomic mass is 9.67. The minimum absolute atomic E-state index is 0.353. The molecule has 0 aromatic heterocycles. The molecule has 1 aliphatic carbocycles. The Bertz CT molecular complexity index is 630. The summed E-state index contributed by atoms with van der Waals surface area (Å²) in [5.74, 6) is 1.78. The lowest BCUT2D eigenvalue weighted by Gasteiger charge is -2.42. The third-order valence-electron chi connectivity index (χ3n) is 5.61. The van der Waals surface area contributed by atoms with E-state index in [4.69, 9.17) is 19.2 Å². The number of rotatable bonds is 13. The van der Waals surface area contributed by atoms with Gasteiger partial charge in [-0.15, -0.1) is 0 Å². The third kappa shape index (κ3) is 7.86. The Morgan fingerprint density at radius 3 is 2.55 bits per heavy atom. The van der Waals surface area contributed by atoms with Crippen molar-refractivity contribution in [1.29, 1.82) is 0 Å². The van der Waals surface area contributed by atoms with Gasteiger partial charge < -0.3 is 24.8 Å². The van der Waals surface area contributed by atoms with Crippen molar-refractivity contribution < 1.29 is 14.2 Å². The van der Waals surface area contributed by atoms with Gasteiger partial charge >= 0.3 is 0 Å². The molecule has 1 saturated carbocycles. The zero-order chi connectivity index (χ0) is 21.0. The first kappa shape index (κ1) is 23.5. The van der Waals surface area contributed by atoms with Crippen LogP contribution in [-0.2, 0) is 16.0 Å². The van der Waals surface area contributed by atoms with E-state index >= 15 is 0 Å². The lowest BCUT2D eigenvalue weighted by molar-refractivity contribution is 0.0732. The molecule has 6 heteroatoms. The first-order valence-electron chi connectivity index (χ1n) is 10.8. The maximum absolute atomic E-state index is 5.99. The SMILES string of the molecule is CCNC(=NCc1ccc(C)cc1OCCCOC)NCC1(CCOC)CCC1. The number of guanidine groups is 1. The van der Waals surface area contributed by atoms with Gasteiger partial charge in [0, 0.05) is 52.5 Å². The minimum Gasteiger partial charge on any atom is -0.493 e. The smallest absolute Gasteiger partial charge is 0.191 e. The fourth-order valence-corrected chi connectivity index (χ4v) is 3.60. The number of aliphatic imine (C=N–C) groups is 1. The first-order valence-corrected chi connectivity index (χ1v) is 10.8. The number of ether oxygens (including phenoxy) is 3. The molecule has 6 nitrogen and oxygen atoms in total. The number of nitrogens with zero attached hydrogens (tertiary/aromatic N) is 1. The van der Waals surface area contributed by atoms with Gasteiger partial charge in [-0.3, -0.25) is 0 Å². The third-order valence-corrected chi connectivity index (χ3v) is 5.61. The van der Waals surface area contributed by atoms with Crippen LogP contribution in [0.5, 0.6) is 5.75 Å². The minimum atomic E-state index is 0.353. The summed E-state index contributed by atoms with van der Waals surface area (Å²) >= 11 is 0. The van der Waals surface area contributed by atoms with E-state index in [9.17, 15) is 0 Å². The Kier molecular flexibility index (Phi) is 10.3. The van der Waals surface area contributed by atoms with Crippen LogP contribution in [0.1, 0.15) is 50.2 Å². The molecular weight excluding hydrogens is 366 g/mol. The molecule has 2 rings (SSSR count). The second kappa shape index (κ2) is 12.7.